The maximum absolute atomic E-state index is 13.3. The van der Waals surface area contributed by atoms with E-state index in [1.165, 1.54) is 13.0 Å². The number of aliphatic carboxylic acids is 1. The van der Waals surface area contributed by atoms with Crippen LogP contribution in [0.2, 0.25) is 0 Å². The van der Waals surface area contributed by atoms with Gasteiger partial charge >= 0.3 is 12.0 Å². The summed E-state index contributed by atoms with van der Waals surface area (Å²) in [5.41, 5.74) is 0.937. The van der Waals surface area contributed by atoms with Gasteiger partial charge in [0.15, 0.2) is 0 Å². The van der Waals surface area contributed by atoms with Crippen molar-refractivity contribution in [2.24, 2.45) is 0 Å². The lowest BCUT2D eigenvalue weighted by atomic mass is 10.2. The molecule has 0 spiro atoms. The molecular weight excluding hydrogens is 307 g/mol. The maximum atomic E-state index is 13.3. The van der Waals surface area contributed by atoms with Gasteiger partial charge in [0.2, 0.25) is 0 Å². The van der Waals surface area contributed by atoms with Crippen molar-refractivity contribution in [3.8, 4) is 0 Å². The summed E-state index contributed by atoms with van der Waals surface area (Å²) >= 11 is 3.02. The monoisotopic (exact) mass is 318 g/mol. The fourth-order valence-electron chi connectivity index (χ4n) is 1.20. The minimum absolute atomic E-state index is 0.283. The molecule has 18 heavy (non-hydrogen) atoms. The largest absolute Gasteiger partial charge is 0.480 e. The Kier molecular flexibility index (Phi) is 4.66. The van der Waals surface area contributed by atoms with E-state index in [9.17, 15) is 14.0 Å². The number of carboxylic acid groups (broad SMARTS) is 1. The number of anilines is 1. The number of nitrogens with one attached hydrogen (secondary N) is 2. The van der Waals surface area contributed by atoms with Gasteiger partial charge in [0.25, 0.3) is 0 Å². The summed E-state index contributed by atoms with van der Waals surface area (Å²) in [6.07, 6.45) is 0. The molecule has 0 radical (unpaired) electrons. The van der Waals surface area contributed by atoms with E-state index in [-0.39, 0.29) is 5.69 Å². The molecule has 0 bridgehead atoms. The summed E-state index contributed by atoms with van der Waals surface area (Å²) in [6.45, 7) is 3.03. The van der Waals surface area contributed by atoms with E-state index in [0.29, 0.717) is 10.0 Å². The molecule has 0 heterocycles. The highest BCUT2D eigenvalue weighted by Gasteiger charge is 2.15. The highest BCUT2D eigenvalue weighted by atomic mass is 79.9. The smallest absolute Gasteiger partial charge is 0.325 e. The lowest BCUT2D eigenvalue weighted by Crippen LogP contribution is -2.40. The molecule has 1 atom stereocenters. The molecule has 1 aromatic carbocycles. The van der Waals surface area contributed by atoms with E-state index in [4.69, 9.17) is 5.11 Å². The Balaban J connectivity index is 2.76. The Morgan fingerprint density at radius 1 is 1.44 bits per heavy atom. The normalized spacial score (nSPS) is 11.8. The average molecular weight is 319 g/mol. The summed E-state index contributed by atoms with van der Waals surface area (Å²) in [4.78, 5) is 22.0. The molecule has 2 amide bonds. The molecule has 0 unspecified atom stereocenters. The van der Waals surface area contributed by atoms with E-state index < -0.39 is 23.9 Å². The fraction of sp³-hybridized carbons (Fsp3) is 0.273. The molecule has 0 aliphatic heterocycles. The molecule has 0 saturated carbocycles. The predicted octanol–water partition coefficient (Wildman–Crippen LogP) is 2.49. The van der Waals surface area contributed by atoms with Gasteiger partial charge < -0.3 is 15.7 Å². The average Bonchev–Trinajstić information content (AvgIpc) is 2.25. The number of amides is 2. The summed E-state index contributed by atoms with van der Waals surface area (Å²) in [6, 6.07) is 0.955. The molecule has 0 aromatic heterocycles. The first-order valence-corrected chi connectivity index (χ1v) is 5.86. The molecule has 0 aliphatic rings. The van der Waals surface area contributed by atoms with E-state index >= 15 is 0 Å². The van der Waals surface area contributed by atoms with Crippen molar-refractivity contribution in [1.82, 2.24) is 5.32 Å². The van der Waals surface area contributed by atoms with Gasteiger partial charge in [0.1, 0.15) is 11.9 Å². The third-order valence-electron chi connectivity index (χ3n) is 2.23. The SMILES string of the molecule is Cc1cc(Br)c(F)cc1NC(=O)N[C@@H](C)C(=O)O. The van der Waals surface area contributed by atoms with Crippen LogP contribution in [0, 0.1) is 12.7 Å². The van der Waals surface area contributed by atoms with Crippen molar-refractivity contribution in [3.05, 3.63) is 28.0 Å². The molecule has 1 rings (SSSR count). The quantitative estimate of drug-likeness (QED) is 0.801. The highest BCUT2D eigenvalue weighted by molar-refractivity contribution is 9.10. The standard InChI is InChI=1S/C11H12BrFN2O3/c1-5-3-7(12)8(13)4-9(5)15-11(18)14-6(2)10(16)17/h3-4,6H,1-2H3,(H,16,17)(H2,14,15,18)/t6-/m0/s1. The molecule has 0 saturated heterocycles. The second kappa shape index (κ2) is 5.81. The number of aryl methyl sites for hydroxylation is 1. The Morgan fingerprint density at radius 2 is 2.06 bits per heavy atom. The Bertz CT molecular complexity index is 493. The number of carbonyl (C=O) groups excluding carboxylic acids is 1. The third kappa shape index (κ3) is 3.69. The first kappa shape index (κ1) is 14.4. The van der Waals surface area contributed by atoms with Crippen LogP contribution < -0.4 is 10.6 Å². The van der Waals surface area contributed by atoms with Crippen molar-refractivity contribution < 1.29 is 19.1 Å². The fourth-order valence-corrected chi connectivity index (χ4v) is 1.66. The maximum Gasteiger partial charge on any atom is 0.325 e. The highest BCUT2D eigenvalue weighted by Crippen LogP contribution is 2.23. The van der Waals surface area contributed by atoms with E-state index in [2.05, 4.69) is 26.6 Å². The molecule has 0 aliphatic carbocycles. The second-order valence-corrected chi connectivity index (χ2v) is 4.59. The Hall–Kier alpha value is -1.63. The molecule has 98 valence electrons. The zero-order valence-corrected chi connectivity index (χ0v) is 11.3. The van der Waals surface area contributed by atoms with Gasteiger partial charge in [0, 0.05) is 5.69 Å². The summed E-state index contributed by atoms with van der Waals surface area (Å²) < 4.78 is 13.6. The molecule has 1 aromatic rings. The second-order valence-electron chi connectivity index (χ2n) is 3.74. The number of carboxylic acids is 1. The van der Waals surface area contributed by atoms with Crippen molar-refractivity contribution >= 4 is 33.6 Å². The van der Waals surface area contributed by atoms with Gasteiger partial charge in [0.05, 0.1) is 4.47 Å². The van der Waals surface area contributed by atoms with Gasteiger partial charge in [-0.1, -0.05) is 0 Å². The van der Waals surface area contributed by atoms with Crippen molar-refractivity contribution in [2.45, 2.75) is 19.9 Å². The number of hydrogen-bond acceptors (Lipinski definition) is 2. The topological polar surface area (TPSA) is 78.4 Å². The lowest BCUT2D eigenvalue weighted by Gasteiger charge is -2.12. The number of carbonyl (C=O) groups is 2. The van der Waals surface area contributed by atoms with Crippen LogP contribution >= 0.6 is 15.9 Å². The molecule has 0 fully saturated rings. The summed E-state index contributed by atoms with van der Waals surface area (Å²) in [5.74, 6) is -1.66. The van der Waals surface area contributed by atoms with E-state index in [1.54, 1.807) is 6.92 Å². The number of rotatable bonds is 3. The molecule has 5 nitrogen and oxygen atoms in total. The minimum Gasteiger partial charge on any atom is -0.480 e. The summed E-state index contributed by atoms with van der Waals surface area (Å²) in [5, 5.41) is 13.2. The van der Waals surface area contributed by atoms with E-state index in [0.717, 1.165) is 6.07 Å². The number of hydrogen-bond donors (Lipinski definition) is 3. The molecule has 3 N–H and O–H groups in total. The van der Waals surface area contributed by atoms with Crippen LogP contribution in [0.1, 0.15) is 12.5 Å². The van der Waals surface area contributed by atoms with Crippen LogP contribution in [0.5, 0.6) is 0 Å². The zero-order valence-electron chi connectivity index (χ0n) is 9.75. The number of urea groups is 1. The van der Waals surface area contributed by atoms with Gasteiger partial charge in [-0.2, -0.15) is 0 Å². The summed E-state index contributed by atoms with van der Waals surface area (Å²) in [7, 11) is 0. The van der Waals surface area contributed by atoms with Crippen molar-refractivity contribution in [3.63, 3.8) is 0 Å². The molecular formula is C11H12BrFN2O3. The number of benzene rings is 1. The minimum atomic E-state index is -1.15. The van der Waals surface area contributed by atoms with Crippen LogP contribution in [0.15, 0.2) is 16.6 Å². The molecule has 7 heteroatoms. The first-order valence-electron chi connectivity index (χ1n) is 5.07. The van der Waals surface area contributed by atoms with Gasteiger partial charge in [-0.05, 0) is 47.5 Å². The van der Waals surface area contributed by atoms with Crippen molar-refractivity contribution in [2.75, 3.05) is 5.32 Å². The van der Waals surface area contributed by atoms with Crippen LogP contribution in [-0.4, -0.2) is 23.1 Å². The van der Waals surface area contributed by atoms with E-state index in [1.807, 2.05) is 0 Å². The van der Waals surface area contributed by atoms with Crippen LogP contribution in [0.3, 0.4) is 0 Å². The van der Waals surface area contributed by atoms with Crippen LogP contribution in [0.4, 0.5) is 14.9 Å². The first-order chi connectivity index (χ1) is 8.31. The predicted molar refractivity (Wildman–Crippen MR) is 68.1 cm³/mol. The zero-order chi connectivity index (χ0) is 13.9. The van der Waals surface area contributed by atoms with Crippen LogP contribution in [-0.2, 0) is 4.79 Å². The van der Waals surface area contributed by atoms with Gasteiger partial charge in [-0.15, -0.1) is 0 Å². The Morgan fingerprint density at radius 3 is 2.61 bits per heavy atom. The Labute approximate surface area is 112 Å². The van der Waals surface area contributed by atoms with Crippen molar-refractivity contribution in [1.29, 1.82) is 0 Å². The van der Waals surface area contributed by atoms with Gasteiger partial charge in [-0.3, -0.25) is 4.79 Å². The third-order valence-corrected chi connectivity index (χ3v) is 2.84. The lowest BCUT2D eigenvalue weighted by molar-refractivity contribution is -0.138. The number of halogens is 2. The van der Waals surface area contributed by atoms with Gasteiger partial charge in [-0.25, -0.2) is 9.18 Å². The van der Waals surface area contributed by atoms with Crippen LogP contribution in [0.25, 0.3) is 0 Å².